The molecule has 4 heteroatoms. The Morgan fingerprint density at radius 1 is 1.33 bits per heavy atom. The Kier molecular flexibility index (Phi) is 2.84. The average molecular weight is 222 g/mol. The highest BCUT2D eigenvalue weighted by atomic mass is 35.5. The lowest BCUT2D eigenvalue weighted by molar-refractivity contribution is 0.926. The number of nitrogens with two attached hydrogens (primary N) is 1. The molecule has 0 aliphatic carbocycles. The minimum absolute atomic E-state index is 0.288. The number of hydrogen-bond acceptors (Lipinski definition) is 3. The largest absolute Gasteiger partial charge is 0.330 e. The summed E-state index contributed by atoms with van der Waals surface area (Å²) >= 11 is 5.85. The van der Waals surface area contributed by atoms with E-state index in [-0.39, 0.29) is 5.28 Å². The van der Waals surface area contributed by atoms with Gasteiger partial charge < -0.3 is 5.73 Å². The van der Waals surface area contributed by atoms with Crippen molar-refractivity contribution < 1.29 is 0 Å². The standard InChI is InChI=1S/C11H12ClN3/c1-7-2-3-8-9(4-5-13)14-11(12)15-10(8)6-7/h2-3,6H,4-5,13H2,1H3. The van der Waals surface area contributed by atoms with Crippen molar-refractivity contribution in [1.29, 1.82) is 0 Å². The summed E-state index contributed by atoms with van der Waals surface area (Å²) in [4.78, 5) is 8.39. The molecule has 78 valence electrons. The van der Waals surface area contributed by atoms with Gasteiger partial charge in [-0.05, 0) is 36.7 Å². The Labute approximate surface area is 93.3 Å². The van der Waals surface area contributed by atoms with Crippen LogP contribution in [0.3, 0.4) is 0 Å². The lowest BCUT2D eigenvalue weighted by Gasteiger charge is -2.05. The van der Waals surface area contributed by atoms with E-state index in [9.17, 15) is 0 Å². The molecule has 3 nitrogen and oxygen atoms in total. The summed E-state index contributed by atoms with van der Waals surface area (Å²) in [5, 5.41) is 1.33. The third-order valence-electron chi connectivity index (χ3n) is 2.29. The van der Waals surface area contributed by atoms with Crippen molar-refractivity contribution in [2.24, 2.45) is 5.73 Å². The number of nitrogens with zero attached hydrogens (tertiary/aromatic N) is 2. The quantitative estimate of drug-likeness (QED) is 0.791. The molecule has 1 heterocycles. The molecule has 0 atom stereocenters. The Morgan fingerprint density at radius 2 is 2.13 bits per heavy atom. The van der Waals surface area contributed by atoms with Crippen molar-refractivity contribution in [2.75, 3.05) is 6.54 Å². The fourth-order valence-electron chi connectivity index (χ4n) is 1.60. The number of rotatable bonds is 2. The average Bonchev–Trinajstić information content (AvgIpc) is 2.17. The zero-order valence-corrected chi connectivity index (χ0v) is 9.25. The maximum atomic E-state index is 5.85. The normalized spacial score (nSPS) is 10.9. The van der Waals surface area contributed by atoms with Crippen LogP contribution < -0.4 is 5.73 Å². The lowest BCUT2D eigenvalue weighted by atomic mass is 10.1. The molecular weight excluding hydrogens is 210 g/mol. The molecule has 0 unspecified atom stereocenters. The SMILES string of the molecule is Cc1ccc2c(CCN)nc(Cl)nc2c1. The molecule has 0 spiro atoms. The zero-order chi connectivity index (χ0) is 10.8. The Hall–Kier alpha value is -1.19. The monoisotopic (exact) mass is 221 g/mol. The molecule has 0 radical (unpaired) electrons. The third-order valence-corrected chi connectivity index (χ3v) is 2.45. The van der Waals surface area contributed by atoms with E-state index in [1.807, 2.05) is 25.1 Å². The van der Waals surface area contributed by atoms with Crippen molar-refractivity contribution in [3.63, 3.8) is 0 Å². The van der Waals surface area contributed by atoms with Gasteiger partial charge in [0.1, 0.15) is 0 Å². The van der Waals surface area contributed by atoms with Crippen molar-refractivity contribution in [2.45, 2.75) is 13.3 Å². The van der Waals surface area contributed by atoms with Gasteiger partial charge in [0.25, 0.3) is 0 Å². The van der Waals surface area contributed by atoms with Gasteiger partial charge in [-0.3, -0.25) is 0 Å². The molecule has 0 saturated carbocycles. The van der Waals surface area contributed by atoms with E-state index in [0.717, 1.165) is 28.6 Å². The van der Waals surface area contributed by atoms with Crippen LogP contribution in [0.4, 0.5) is 0 Å². The topological polar surface area (TPSA) is 51.8 Å². The number of hydrogen-bond donors (Lipinski definition) is 1. The first-order valence-corrected chi connectivity index (χ1v) is 5.21. The van der Waals surface area contributed by atoms with Crippen molar-refractivity contribution >= 4 is 22.5 Å². The van der Waals surface area contributed by atoms with Gasteiger partial charge >= 0.3 is 0 Å². The van der Waals surface area contributed by atoms with E-state index in [2.05, 4.69) is 9.97 Å². The first-order chi connectivity index (χ1) is 7.20. The van der Waals surface area contributed by atoms with Gasteiger partial charge in [0.15, 0.2) is 0 Å². The molecule has 0 fully saturated rings. The first kappa shape index (κ1) is 10.3. The van der Waals surface area contributed by atoms with Crippen LogP contribution >= 0.6 is 11.6 Å². The second-order valence-corrected chi connectivity index (χ2v) is 3.84. The molecule has 1 aromatic heterocycles. The minimum atomic E-state index is 0.288. The summed E-state index contributed by atoms with van der Waals surface area (Å²) in [6.07, 6.45) is 0.724. The first-order valence-electron chi connectivity index (χ1n) is 4.83. The zero-order valence-electron chi connectivity index (χ0n) is 8.50. The van der Waals surface area contributed by atoms with Crippen LogP contribution in [-0.4, -0.2) is 16.5 Å². The Morgan fingerprint density at radius 3 is 2.87 bits per heavy atom. The predicted octanol–water partition coefficient (Wildman–Crippen LogP) is 2.09. The molecule has 2 rings (SSSR count). The predicted molar refractivity (Wildman–Crippen MR) is 62.0 cm³/mol. The van der Waals surface area contributed by atoms with E-state index < -0.39 is 0 Å². The summed E-state index contributed by atoms with van der Waals surface area (Å²) < 4.78 is 0. The number of halogens is 1. The molecule has 2 aromatic rings. The van der Waals surface area contributed by atoms with Crippen LogP contribution in [0.1, 0.15) is 11.3 Å². The summed E-state index contributed by atoms with van der Waals surface area (Å²) in [7, 11) is 0. The molecular formula is C11H12ClN3. The number of fused-ring (bicyclic) bond motifs is 1. The minimum Gasteiger partial charge on any atom is -0.330 e. The molecule has 15 heavy (non-hydrogen) atoms. The van der Waals surface area contributed by atoms with Crippen LogP contribution in [0.2, 0.25) is 5.28 Å². The number of benzene rings is 1. The summed E-state index contributed by atoms with van der Waals surface area (Å²) in [5.74, 6) is 0. The molecule has 0 aliphatic rings. The van der Waals surface area contributed by atoms with E-state index in [1.54, 1.807) is 0 Å². The van der Waals surface area contributed by atoms with Gasteiger partial charge in [-0.25, -0.2) is 9.97 Å². The van der Waals surface area contributed by atoms with E-state index in [1.165, 1.54) is 0 Å². The molecule has 0 saturated heterocycles. The lowest BCUT2D eigenvalue weighted by Crippen LogP contribution is -2.06. The second-order valence-electron chi connectivity index (χ2n) is 3.50. The maximum Gasteiger partial charge on any atom is 0.223 e. The van der Waals surface area contributed by atoms with Gasteiger partial charge in [0.05, 0.1) is 11.2 Å². The van der Waals surface area contributed by atoms with Gasteiger partial charge in [-0.2, -0.15) is 0 Å². The highest BCUT2D eigenvalue weighted by Crippen LogP contribution is 2.19. The fraction of sp³-hybridized carbons (Fsp3) is 0.273. The number of aromatic nitrogens is 2. The fourth-order valence-corrected chi connectivity index (χ4v) is 1.79. The van der Waals surface area contributed by atoms with Crippen molar-refractivity contribution in [3.8, 4) is 0 Å². The molecule has 2 N–H and O–H groups in total. The highest BCUT2D eigenvalue weighted by molar-refractivity contribution is 6.28. The van der Waals surface area contributed by atoms with Gasteiger partial charge in [-0.1, -0.05) is 12.1 Å². The van der Waals surface area contributed by atoms with E-state index in [4.69, 9.17) is 17.3 Å². The van der Waals surface area contributed by atoms with Crippen LogP contribution in [0.25, 0.3) is 10.9 Å². The van der Waals surface area contributed by atoms with Crippen molar-refractivity contribution in [1.82, 2.24) is 9.97 Å². The summed E-state index contributed by atoms with van der Waals surface area (Å²) in [5.41, 5.74) is 8.50. The van der Waals surface area contributed by atoms with Crippen LogP contribution in [0.5, 0.6) is 0 Å². The molecule has 1 aromatic carbocycles. The number of aryl methyl sites for hydroxylation is 1. The third kappa shape index (κ3) is 2.08. The van der Waals surface area contributed by atoms with Gasteiger partial charge in [-0.15, -0.1) is 0 Å². The summed E-state index contributed by atoms with van der Waals surface area (Å²) in [6.45, 7) is 2.59. The van der Waals surface area contributed by atoms with Crippen LogP contribution in [0.15, 0.2) is 18.2 Å². The Bertz CT molecular complexity index is 491. The molecule has 0 amide bonds. The van der Waals surface area contributed by atoms with Gasteiger partial charge in [0.2, 0.25) is 5.28 Å². The van der Waals surface area contributed by atoms with Crippen molar-refractivity contribution in [3.05, 3.63) is 34.7 Å². The second kappa shape index (κ2) is 4.13. The Balaban J connectivity index is 2.68. The smallest absolute Gasteiger partial charge is 0.223 e. The van der Waals surface area contributed by atoms with Crippen LogP contribution in [0, 0.1) is 6.92 Å². The molecule has 0 bridgehead atoms. The van der Waals surface area contributed by atoms with Gasteiger partial charge in [0, 0.05) is 11.8 Å². The van der Waals surface area contributed by atoms with E-state index >= 15 is 0 Å². The summed E-state index contributed by atoms with van der Waals surface area (Å²) in [6, 6.07) is 6.06. The highest BCUT2D eigenvalue weighted by Gasteiger charge is 2.05. The molecule has 0 aliphatic heterocycles. The van der Waals surface area contributed by atoms with Crippen LogP contribution in [-0.2, 0) is 6.42 Å². The maximum absolute atomic E-state index is 5.85. The van der Waals surface area contributed by atoms with E-state index in [0.29, 0.717) is 6.54 Å².